The molecule has 4 atom stereocenters. The zero-order valence-electron chi connectivity index (χ0n) is 12.4. The van der Waals surface area contributed by atoms with Gasteiger partial charge in [0.05, 0.1) is 15.9 Å². The number of nitrogens with two attached hydrogens (primary N) is 1. The van der Waals surface area contributed by atoms with Gasteiger partial charge in [-0.05, 0) is 66.3 Å². The van der Waals surface area contributed by atoms with E-state index in [-0.39, 0.29) is 0 Å². The molecule has 0 saturated heterocycles. The molecule has 1 aromatic heterocycles. The van der Waals surface area contributed by atoms with Crippen molar-refractivity contribution in [3.8, 4) is 0 Å². The number of nitrogens with zero attached hydrogens (tertiary/aromatic N) is 2. The number of rotatable bonds is 5. The van der Waals surface area contributed by atoms with Crippen molar-refractivity contribution in [3.63, 3.8) is 0 Å². The molecule has 3 rings (SSSR count). The Kier molecular flexibility index (Phi) is 4.20. The molecule has 3 N–H and O–H groups in total. The highest BCUT2D eigenvalue weighted by molar-refractivity contribution is 9.10. The van der Waals surface area contributed by atoms with Crippen molar-refractivity contribution in [3.05, 3.63) is 15.9 Å². The molecule has 0 amide bonds. The smallest absolute Gasteiger partial charge is 0.0738 e. The summed E-state index contributed by atoms with van der Waals surface area (Å²) in [5.41, 5.74) is 5.34. The standard InChI is InChI=1S/C15H25BrN4/c1-9-15(16)14(20(2)19-9)8-13(18-17)7-12-6-10-3-4-11(12)5-10/h10-13,18H,3-8,17H2,1-2H3. The second-order valence-electron chi connectivity index (χ2n) is 6.71. The zero-order chi connectivity index (χ0) is 14.3. The molecule has 4 unspecified atom stereocenters. The van der Waals surface area contributed by atoms with Crippen LogP contribution in [0.1, 0.15) is 43.5 Å². The molecule has 0 aromatic carbocycles. The van der Waals surface area contributed by atoms with Crippen molar-refractivity contribution in [1.29, 1.82) is 0 Å². The van der Waals surface area contributed by atoms with Crippen LogP contribution in [-0.2, 0) is 13.5 Å². The van der Waals surface area contributed by atoms with Crippen LogP contribution in [-0.4, -0.2) is 15.8 Å². The molecule has 0 aliphatic heterocycles. The fourth-order valence-electron chi connectivity index (χ4n) is 4.38. The summed E-state index contributed by atoms with van der Waals surface area (Å²) < 4.78 is 3.11. The lowest BCUT2D eigenvalue weighted by Gasteiger charge is -2.26. The Labute approximate surface area is 129 Å². The van der Waals surface area contributed by atoms with Gasteiger partial charge in [0.2, 0.25) is 0 Å². The quantitative estimate of drug-likeness (QED) is 0.640. The van der Waals surface area contributed by atoms with Gasteiger partial charge in [-0.2, -0.15) is 5.10 Å². The molecule has 4 nitrogen and oxygen atoms in total. The Morgan fingerprint density at radius 1 is 1.45 bits per heavy atom. The lowest BCUT2D eigenvalue weighted by Crippen LogP contribution is -2.39. The van der Waals surface area contributed by atoms with Crippen molar-refractivity contribution in [2.75, 3.05) is 0 Å². The normalized spacial score (nSPS) is 30.1. The molecule has 2 aliphatic rings. The number of aryl methyl sites for hydroxylation is 2. The third kappa shape index (κ3) is 2.68. The average molecular weight is 341 g/mol. The summed E-state index contributed by atoms with van der Waals surface area (Å²) in [7, 11) is 2.01. The first-order chi connectivity index (χ1) is 9.58. The van der Waals surface area contributed by atoms with Gasteiger partial charge in [0, 0.05) is 19.5 Å². The van der Waals surface area contributed by atoms with Crippen LogP contribution in [0.5, 0.6) is 0 Å². The van der Waals surface area contributed by atoms with Crippen LogP contribution in [0.15, 0.2) is 4.47 Å². The van der Waals surface area contributed by atoms with E-state index in [0.717, 1.165) is 34.3 Å². The van der Waals surface area contributed by atoms with Crippen molar-refractivity contribution in [2.24, 2.45) is 30.6 Å². The van der Waals surface area contributed by atoms with E-state index in [4.69, 9.17) is 5.84 Å². The lowest BCUT2D eigenvalue weighted by molar-refractivity contribution is 0.276. The van der Waals surface area contributed by atoms with Gasteiger partial charge < -0.3 is 0 Å². The highest BCUT2D eigenvalue weighted by Gasteiger charge is 2.40. The molecular weight excluding hydrogens is 316 g/mol. The predicted octanol–water partition coefficient (Wildman–Crippen LogP) is 2.69. The number of hydrogen-bond acceptors (Lipinski definition) is 3. The number of aromatic nitrogens is 2. The second kappa shape index (κ2) is 5.78. The number of fused-ring (bicyclic) bond motifs is 2. The van der Waals surface area contributed by atoms with E-state index in [1.165, 1.54) is 37.8 Å². The summed E-state index contributed by atoms with van der Waals surface area (Å²) >= 11 is 3.65. The van der Waals surface area contributed by atoms with E-state index in [1.807, 2.05) is 18.7 Å². The fraction of sp³-hybridized carbons (Fsp3) is 0.800. The Morgan fingerprint density at radius 3 is 2.75 bits per heavy atom. The SMILES string of the molecule is Cc1nn(C)c(CC(CC2CC3CCC2C3)NN)c1Br. The van der Waals surface area contributed by atoms with Crippen LogP contribution < -0.4 is 11.3 Å². The monoisotopic (exact) mass is 340 g/mol. The molecule has 20 heavy (non-hydrogen) atoms. The summed E-state index contributed by atoms with van der Waals surface area (Å²) in [5, 5.41) is 4.47. The Hall–Kier alpha value is -0.390. The summed E-state index contributed by atoms with van der Waals surface area (Å²) in [4.78, 5) is 0. The molecule has 1 aromatic rings. The number of hydrogen-bond donors (Lipinski definition) is 2. The molecule has 0 spiro atoms. The summed E-state index contributed by atoms with van der Waals surface area (Å²) in [5.74, 6) is 8.66. The lowest BCUT2D eigenvalue weighted by atomic mass is 9.83. The van der Waals surface area contributed by atoms with E-state index in [9.17, 15) is 0 Å². The molecule has 0 radical (unpaired) electrons. The average Bonchev–Trinajstić information content (AvgIpc) is 3.09. The van der Waals surface area contributed by atoms with Crippen molar-refractivity contribution in [2.45, 2.75) is 51.5 Å². The highest BCUT2D eigenvalue weighted by atomic mass is 79.9. The van der Waals surface area contributed by atoms with Crippen LogP contribution in [0.3, 0.4) is 0 Å². The number of hydrazine groups is 1. The third-order valence-electron chi connectivity index (χ3n) is 5.41. The van der Waals surface area contributed by atoms with Crippen molar-refractivity contribution >= 4 is 15.9 Å². The van der Waals surface area contributed by atoms with Gasteiger partial charge in [0.1, 0.15) is 0 Å². The van der Waals surface area contributed by atoms with Crippen molar-refractivity contribution in [1.82, 2.24) is 15.2 Å². The Balaban J connectivity index is 1.65. The maximum atomic E-state index is 5.81. The summed E-state index contributed by atoms with van der Waals surface area (Å²) in [6.07, 6.45) is 7.96. The predicted molar refractivity (Wildman–Crippen MR) is 84.0 cm³/mol. The van der Waals surface area contributed by atoms with Gasteiger partial charge in [-0.3, -0.25) is 16.0 Å². The van der Waals surface area contributed by atoms with Gasteiger partial charge in [0.15, 0.2) is 0 Å². The van der Waals surface area contributed by atoms with E-state index in [0.29, 0.717) is 6.04 Å². The van der Waals surface area contributed by atoms with Gasteiger partial charge in [-0.1, -0.05) is 6.42 Å². The third-order valence-corrected chi connectivity index (χ3v) is 6.44. The van der Waals surface area contributed by atoms with Crippen molar-refractivity contribution < 1.29 is 0 Å². The van der Waals surface area contributed by atoms with Gasteiger partial charge >= 0.3 is 0 Å². The molecule has 112 valence electrons. The van der Waals surface area contributed by atoms with E-state index in [1.54, 1.807) is 0 Å². The minimum atomic E-state index is 0.352. The van der Waals surface area contributed by atoms with Crippen LogP contribution in [0.25, 0.3) is 0 Å². The van der Waals surface area contributed by atoms with Gasteiger partial charge in [-0.25, -0.2) is 0 Å². The van der Waals surface area contributed by atoms with E-state index < -0.39 is 0 Å². The van der Waals surface area contributed by atoms with Crippen LogP contribution in [0.2, 0.25) is 0 Å². The summed E-state index contributed by atoms with van der Waals surface area (Å²) in [6.45, 7) is 2.04. The molecule has 2 bridgehead atoms. The molecule has 2 saturated carbocycles. The highest BCUT2D eigenvalue weighted by Crippen LogP contribution is 2.50. The molecular formula is C15H25BrN4. The molecule has 2 aliphatic carbocycles. The maximum absolute atomic E-state index is 5.81. The largest absolute Gasteiger partial charge is 0.271 e. The van der Waals surface area contributed by atoms with Crippen LogP contribution >= 0.6 is 15.9 Å². The molecule has 1 heterocycles. The fourth-order valence-corrected chi connectivity index (χ4v) is 4.87. The first-order valence-electron chi connectivity index (χ1n) is 7.72. The van der Waals surface area contributed by atoms with Gasteiger partial charge in [0.25, 0.3) is 0 Å². The van der Waals surface area contributed by atoms with Crippen LogP contribution in [0.4, 0.5) is 0 Å². The molecule has 5 heteroatoms. The Morgan fingerprint density at radius 2 is 2.25 bits per heavy atom. The number of halogens is 1. The maximum Gasteiger partial charge on any atom is 0.0738 e. The minimum absolute atomic E-state index is 0.352. The first-order valence-corrected chi connectivity index (χ1v) is 8.51. The van der Waals surface area contributed by atoms with Crippen LogP contribution in [0, 0.1) is 24.7 Å². The number of nitrogens with one attached hydrogen (secondary N) is 1. The van der Waals surface area contributed by atoms with E-state index >= 15 is 0 Å². The summed E-state index contributed by atoms with van der Waals surface area (Å²) in [6, 6.07) is 0.352. The first kappa shape index (κ1) is 14.5. The minimum Gasteiger partial charge on any atom is -0.271 e. The molecule has 2 fully saturated rings. The van der Waals surface area contributed by atoms with Gasteiger partial charge in [-0.15, -0.1) is 0 Å². The second-order valence-corrected chi connectivity index (χ2v) is 7.50. The topological polar surface area (TPSA) is 55.9 Å². The zero-order valence-corrected chi connectivity index (χ0v) is 14.0. The Bertz CT molecular complexity index is 484. The van der Waals surface area contributed by atoms with E-state index in [2.05, 4.69) is 26.5 Å².